The summed E-state index contributed by atoms with van der Waals surface area (Å²) in [5, 5.41) is 0. The molecule has 0 aliphatic heterocycles. The van der Waals surface area contributed by atoms with Crippen LogP contribution in [0.1, 0.15) is 13.8 Å². The van der Waals surface area contributed by atoms with E-state index >= 15 is 0 Å². The van der Waals surface area contributed by atoms with Crippen LogP contribution < -0.4 is 9.64 Å². The molecule has 0 atom stereocenters. The van der Waals surface area contributed by atoms with E-state index < -0.39 is 21.7 Å². The second-order valence-corrected chi connectivity index (χ2v) is 7.28. The summed E-state index contributed by atoms with van der Waals surface area (Å²) < 4.78 is 42.4. The van der Waals surface area contributed by atoms with Gasteiger partial charge in [0.25, 0.3) is 0 Å². The number of nitrogens with zero attached hydrogens (tertiary/aromatic N) is 2. The Morgan fingerprint density at radius 2 is 1.95 bits per heavy atom. The lowest BCUT2D eigenvalue weighted by atomic mass is 10.2. The Morgan fingerprint density at radius 1 is 1.36 bits per heavy atom. The summed E-state index contributed by atoms with van der Waals surface area (Å²) in [5.74, 6) is -0.949. The molecule has 0 saturated carbocycles. The largest absolute Gasteiger partial charge is 0.494 e. The van der Waals surface area contributed by atoms with Crippen LogP contribution in [-0.4, -0.2) is 51.6 Å². The molecule has 124 valence electrons. The van der Waals surface area contributed by atoms with Crippen LogP contribution in [0.5, 0.6) is 5.75 Å². The lowest BCUT2D eigenvalue weighted by Crippen LogP contribution is -2.44. The molecule has 8 heteroatoms. The van der Waals surface area contributed by atoms with E-state index in [9.17, 15) is 17.6 Å². The van der Waals surface area contributed by atoms with Crippen molar-refractivity contribution in [3.8, 4) is 5.75 Å². The van der Waals surface area contributed by atoms with Crippen LogP contribution in [0.15, 0.2) is 18.2 Å². The first-order chi connectivity index (χ1) is 10.1. The first kappa shape index (κ1) is 18.4. The van der Waals surface area contributed by atoms with E-state index in [4.69, 9.17) is 4.74 Å². The number of ether oxygens (including phenoxy) is 1. The smallest absolute Gasteiger partial charge is 0.242 e. The number of anilines is 1. The molecule has 1 rings (SSSR count). The number of amides is 1. The van der Waals surface area contributed by atoms with E-state index in [0.717, 1.165) is 10.6 Å². The highest BCUT2D eigenvalue weighted by molar-refractivity contribution is 7.88. The number of sulfonamides is 1. The second kappa shape index (κ2) is 7.06. The van der Waals surface area contributed by atoms with Gasteiger partial charge in [-0.1, -0.05) is 0 Å². The fourth-order valence-corrected chi connectivity index (χ4v) is 2.26. The summed E-state index contributed by atoms with van der Waals surface area (Å²) in [6.45, 7) is 3.21. The van der Waals surface area contributed by atoms with Crippen molar-refractivity contribution in [2.24, 2.45) is 0 Å². The van der Waals surface area contributed by atoms with E-state index in [1.807, 2.05) is 0 Å². The summed E-state index contributed by atoms with van der Waals surface area (Å²) in [6.07, 6.45) is 1.02. The molecule has 22 heavy (non-hydrogen) atoms. The third-order valence-corrected chi connectivity index (χ3v) is 4.38. The Morgan fingerprint density at radius 3 is 2.36 bits per heavy atom. The Balaban J connectivity index is 3.09. The standard InChI is InChI=1S/C14H21FN2O4S/c1-10(2)17(14(18)9-16(3)22(5,19)20)11-6-7-13(21-4)12(15)8-11/h6-8,10H,9H2,1-5H3. The Bertz CT molecular complexity index is 646. The number of methoxy groups -OCH3 is 1. The zero-order valence-electron chi connectivity index (χ0n) is 13.3. The molecule has 1 amide bonds. The first-order valence-electron chi connectivity index (χ1n) is 6.64. The maximum absolute atomic E-state index is 13.8. The summed E-state index contributed by atoms with van der Waals surface area (Å²) >= 11 is 0. The molecule has 0 bridgehead atoms. The van der Waals surface area contributed by atoms with E-state index in [2.05, 4.69) is 0 Å². The molecule has 0 aliphatic rings. The van der Waals surface area contributed by atoms with Gasteiger partial charge in [-0.15, -0.1) is 0 Å². The van der Waals surface area contributed by atoms with Gasteiger partial charge in [0, 0.05) is 24.8 Å². The maximum atomic E-state index is 13.8. The third-order valence-electron chi connectivity index (χ3n) is 3.12. The molecular formula is C14H21FN2O4S. The van der Waals surface area contributed by atoms with Crippen molar-refractivity contribution >= 4 is 21.6 Å². The Hall–Kier alpha value is -1.67. The topological polar surface area (TPSA) is 66.9 Å². The number of rotatable bonds is 6. The van der Waals surface area contributed by atoms with Crippen molar-refractivity contribution in [2.75, 3.05) is 31.9 Å². The molecule has 0 N–H and O–H groups in total. The van der Waals surface area contributed by atoms with Crippen molar-refractivity contribution < 1.29 is 22.3 Å². The minimum atomic E-state index is -3.47. The lowest BCUT2D eigenvalue weighted by molar-refractivity contribution is -0.119. The SMILES string of the molecule is COc1ccc(N(C(=O)CN(C)S(C)(=O)=O)C(C)C)cc1F. The zero-order valence-corrected chi connectivity index (χ0v) is 14.1. The predicted molar refractivity (Wildman–Crippen MR) is 83.0 cm³/mol. The normalized spacial score (nSPS) is 11.8. The van der Waals surface area contributed by atoms with Crippen molar-refractivity contribution in [1.29, 1.82) is 0 Å². The average molecular weight is 332 g/mol. The highest BCUT2D eigenvalue weighted by Gasteiger charge is 2.24. The Labute approximate surface area is 130 Å². The van der Waals surface area contributed by atoms with Gasteiger partial charge < -0.3 is 9.64 Å². The molecule has 0 heterocycles. The molecule has 0 spiro atoms. The minimum Gasteiger partial charge on any atom is -0.494 e. The van der Waals surface area contributed by atoms with Crippen LogP contribution >= 0.6 is 0 Å². The molecule has 1 aromatic carbocycles. The third kappa shape index (κ3) is 4.41. The summed E-state index contributed by atoms with van der Waals surface area (Å²) in [7, 11) is -0.795. The second-order valence-electron chi connectivity index (χ2n) is 5.20. The minimum absolute atomic E-state index is 0.0770. The molecule has 1 aromatic rings. The molecule has 0 unspecified atom stereocenters. The van der Waals surface area contributed by atoms with Crippen molar-refractivity contribution in [2.45, 2.75) is 19.9 Å². The fraction of sp³-hybridized carbons (Fsp3) is 0.500. The summed E-state index contributed by atoms with van der Waals surface area (Å²) in [5.41, 5.74) is 0.347. The molecule has 6 nitrogen and oxygen atoms in total. The number of carbonyl (C=O) groups excluding carboxylic acids is 1. The van der Waals surface area contributed by atoms with Gasteiger partial charge in [-0.3, -0.25) is 4.79 Å². The zero-order chi connectivity index (χ0) is 17.1. The summed E-state index contributed by atoms with van der Waals surface area (Å²) in [6, 6.07) is 3.92. The van der Waals surface area contributed by atoms with Crippen LogP contribution in [0.2, 0.25) is 0 Å². The molecule has 0 radical (unpaired) electrons. The number of hydrogen-bond acceptors (Lipinski definition) is 4. The van der Waals surface area contributed by atoms with Crippen LogP contribution in [0.25, 0.3) is 0 Å². The first-order valence-corrected chi connectivity index (χ1v) is 8.49. The van der Waals surface area contributed by atoms with Crippen molar-refractivity contribution in [3.63, 3.8) is 0 Å². The maximum Gasteiger partial charge on any atom is 0.242 e. The van der Waals surface area contributed by atoms with Gasteiger partial charge in [0.05, 0.1) is 19.9 Å². The number of likely N-dealkylation sites (N-methyl/N-ethyl adjacent to an activating group) is 1. The number of halogens is 1. The van der Waals surface area contributed by atoms with Gasteiger partial charge in [-0.05, 0) is 26.0 Å². The van der Waals surface area contributed by atoms with Gasteiger partial charge in [-0.2, -0.15) is 4.31 Å². The molecule has 0 saturated heterocycles. The van der Waals surface area contributed by atoms with Gasteiger partial charge in [0.1, 0.15) is 0 Å². The van der Waals surface area contributed by atoms with Crippen molar-refractivity contribution in [1.82, 2.24) is 4.31 Å². The lowest BCUT2D eigenvalue weighted by Gasteiger charge is -2.28. The fourth-order valence-electron chi connectivity index (χ4n) is 1.92. The van der Waals surface area contributed by atoms with Crippen LogP contribution in [-0.2, 0) is 14.8 Å². The average Bonchev–Trinajstić information content (AvgIpc) is 2.37. The number of hydrogen-bond donors (Lipinski definition) is 0. The highest BCUT2D eigenvalue weighted by atomic mass is 32.2. The van der Waals surface area contributed by atoms with Gasteiger partial charge in [0.15, 0.2) is 11.6 Å². The number of benzene rings is 1. The molecule has 0 aromatic heterocycles. The van der Waals surface area contributed by atoms with Gasteiger partial charge in [-0.25, -0.2) is 12.8 Å². The predicted octanol–water partition coefficient (Wildman–Crippen LogP) is 1.47. The van der Waals surface area contributed by atoms with E-state index in [0.29, 0.717) is 5.69 Å². The van der Waals surface area contributed by atoms with Crippen LogP contribution in [0, 0.1) is 5.82 Å². The monoisotopic (exact) mass is 332 g/mol. The van der Waals surface area contributed by atoms with Gasteiger partial charge in [0.2, 0.25) is 15.9 Å². The quantitative estimate of drug-likeness (QED) is 0.791. The van der Waals surface area contributed by atoms with E-state index in [1.165, 1.54) is 31.2 Å². The van der Waals surface area contributed by atoms with Gasteiger partial charge >= 0.3 is 0 Å². The Kier molecular flexibility index (Phi) is 5.90. The molecule has 0 aliphatic carbocycles. The van der Waals surface area contributed by atoms with E-state index in [1.54, 1.807) is 19.9 Å². The van der Waals surface area contributed by atoms with E-state index in [-0.39, 0.29) is 18.3 Å². The number of carbonyl (C=O) groups is 1. The molecule has 0 fully saturated rings. The molecular weight excluding hydrogens is 311 g/mol. The van der Waals surface area contributed by atoms with Crippen molar-refractivity contribution in [3.05, 3.63) is 24.0 Å². The van der Waals surface area contributed by atoms with Crippen LogP contribution in [0.3, 0.4) is 0 Å². The van der Waals surface area contributed by atoms with Crippen LogP contribution in [0.4, 0.5) is 10.1 Å². The highest BCUT2D eigenvalue weighted by Crippen LogP contribution is 2.25. The summed E-state index contributed by atoms with van der Waals surface area (Å²) in [4.78, 5) is 13.7.